The van der Waals surface area contributed by atoms with Crippen LogP contribution in [0.4, 0.5) is 31.1 Å². The second-order valence-electron chi connectivity index (χ2n) is 9.11. The number of carbonyl (C=O) groups is 1. The van der Waals surface area contributed by atoms with Crippen LogP contribution in [0.3, 0.4) is 0 Å². The summed E-state index contributed by atoms with van der Waals surface area (Å²) in [5.41, 5.74) is -1.47. The van der Waals surface area contributed by atoms with Gasteiger partial charge in [0, 0.05) is 19.0 Å². The zero-order valence-electron chi connectivity index (χ0n) is 19.1. The van der Waals surface area contributed by atoms with E-state index in [0.29, 0.717) is 37.6 Å². The van der Waals surface area contributed by atoms with Crippen LogP contribution in [0.25, 0.3) is 0 Å². The van der Waals surface area contributed by atoms with Crippen LogP contribution < -0.4 is 0 Å². The van der Waals surface area contributed by atoms with Crippen molar-refractivity contribution in [3.05, 3.63) is 52.3 Å². The largest absolute Gasteiger partial charge is 0.445 e. The summed E-state index contributed by atoms with van der Waals surface area (Å²) in [6, 6.07) is 3.15. The number of fused-ring (bicyclic) bond motifs is 1. The van der Waals surface area contributed by atoms with Crippen molar-refractivity contribution in [1.82, 2.24) is 19.6 Å². The highest BCUT2D eigenvalue weighted by Gasteiger charge is 2.37. The Morgan fingerprint density at radius 3 is 2.20 bits per heavy atom. The van der Waals surface area contributed by atoms with Gasteiger partial charge in [0.2, 0.25) is 0 Å². The molecule has 4 rings (SSSR count). The van der Waals surface area contributed by atoms with Crippen LogP contribution in [0.5, 0.6) is 0 Å². The SMILES string of the molecule is CN1CCC(c2cc3n(n2)CCCN(C(=O)OCc2cc(C(F)(F)F)cc(C(F)(F)F)c2)C3)CC1. The molecule has 35 heavy (non-hydrogen) atoms. The molecule has 0 N–H and O–H groups in total. The minimum Gasteiger partial charge on any atom is -0.445 e. The Hall–Kier alpha value is -2.76. The van der Waals surface area contributed by atoms with Crippen LogP contribution in [-0.2, 0) is 36.8 Å². The van der Waals surface area contributed by atoms with Crippen LogP contribution in [0, 0.1) is 0 Å². The van der Waals surface area contributed by atoms with E-state index in [9.17, 15) is 31.1 Å². The first-order chi connectivity index (χ1) is 16.4. The molecule has 3 heterocycles. The fourth-order valence-corrected chi connectivity index (χ4v) is 4.48. The van der Waals surface area contributed by atoms with Gasteiger partial charge in [-0.2, -0.15) is 31.4 Å². The molecule has 0 atom stereocenters. The number of nitrogens with zero attached hydrogens (tertiary/aromatic N) is 4. The summed E-state index contributed by atoms with van der Waals surface area (Å²) in [5.74, 6) is 0.342. The molecule has 2 aliphatic heterocycles. The molecular formula is C23H26F6N4O2. The number of halogens is 6. The molecule has 1 amide bonds. The summed E-state index contributed by atoms with van der Waals surface area (Å²) in [7, 11) is 2.07. The normalized spacial score (nSPS) is 18.3. The lowest BCUT2D eigenvalue weighted by Crippen LogP contribution is -2.31. The second-order valence-corrected chi connectivity index (χ2v) is 9.11. The molecule has 0 unspecified atom stereocenters. The van der Waals surface area contributed by atoms with Gasteiger partial charge >= 0.3 is 18.4 Å². The molecule has 192 valence electrons. The predicted molar refractivity (Wildman–Crippen MR) is 113 cm³/mol. The third-order valence-electron chi connectivity index (χ3n) is 6.44. The first kappa shape index (κ1) is 25.3. The lowest BCUT2D eigenvalue weighted by Gasteiger charge is -2.27. The van der Waals surface area contributed by atoms with Crippen molar-refractivity contribution in [3.63, 3.8) is 0 Å². The van der Waals surface area contributed by atoms with Crippen molar-refractivity contribution in [2.75, 3.05) is 26.7 Å². The number of aromatic nitrogens is 2. The lowest BCUT2D eigenvalue weighted by molar-refractivity contribution is -0.143. The Kier molecular flexibility index (Phi) is 7.03. The van der Waals surface area contributed by atoms with Crippen molar-refractivity contribution < 1.29 is 35.9 Å². The van der Waals surface area contributed by atoms with Gasteiger partial charge in [-0.05, 0) is 69.2 Å². The zero-order chi connectivity index (χ0) is 25.4. The third kappa shape index (κ3) is 6.09. The maximum atomic E-state index is 13.1. The molecule has 0 bridgehead atoms. The fraction of sp³-hybridized carbons (Fsp3) is 0.565. The van der Waals surface area contributed by atoms with Crippen molar-refractivity contribution >= 4 is 6.09 Å². The molecule has 2 aromatic rings. The minimum absolute atomic E-state index is 0.0449. The van der Waals surface area contributed by atoms with Gasteiger partial charge in [0.25, 0.3) is 0 Å². The standard InChI is InChI=1S/C23H26F6N4O2/c1-31-7-3-16(4-8-31)20-12-19-13-32(5-2-6-33(19)30-20)21(34)35-14-15-9-17(22(24,25)26)11-18(10-15)23(27,28)29/h9-12,16H,2-8,13-14H2,1H3. The molecule has 12 heteroatoms. The molecule has 1 fully saturated rings. The van der Waals surface area contributed by atoms with E-state index in [0.717, 1.165) is 37.3 Å². The van der Waals surface area contributed by atoms with Crippen molar-refractivity contribution in [2.45, 2.75) is 57.2 Å². The maximum Gasteiger partial charge on any atom is 0.416 e. The van der Waals surface area contributed by atoms with E-state index in [-0.39, 0.29) is 18.2 Å². The van der Waals surface area contributed by atoms with Gasteiger partial charge in [0.05, 0.1) is 29.1 Å². The Bertz CT molecular complexity index is 1030. The summed E-state index contributed by atoms with van der Waals surface area (Å²) in [4.78, 5) is 16.3. The number of rotatable bonds is 3. The molecule has 1 saturated heterocycles. The number of piperidine rings is 1. The maximum absolute atomic E-state index is 13.1. The number of hydrogen-bond donors (Lipinski definition) is 0. The van der Waals surface area contributed by atoms with Crippen LogP contribution in [-0.4, -0.2) is 52.4 Å². The van der Waals surface area contributed by atoms with Crippen LogP contribution >= 0.6 is 0 Å². The van der Waals surface area contributed by atoms with E-state index in [2.05, 4.69) is 11.9 Å². The van der Waals surface area contributed by atoms with Crippen molar-refractivity contribution in [3.8, 4) is 0 Å². The van der Waals surface area contributed by atoms with E-state index in [1.54, 1.807) is 0 Å². The highest BCUT2D eigenvalue weighted by molar-refractivity contribution is 5.67. The van der Waals surface area contributed by atoms with Gasteiger partial charge in [0.1, 0.15) is 6.61 Å². The molecule has 0 spiro atoms. The van der Waals surface area contributed by atoms with Gasteiger partial charge in [-0.1, -0.05) is 0 Å². The average molecular weight is 504 g/mol. The summed E-state index contributed by atoms with van der Waals surface area (Å²) >= 11 is 0. The van der Waals surface area contributed by atoms with E-state index in [1.165, 1.54) is 4.90 Å². The first-order valence-corrected chi connectivity index (χ1v) is 11.4. The topological polar surface area (TPSA) is 50.6 Å². The average Bonchev–Trinajstić information content (AvgIpc) is 3.07. The summed E-state index contributed by atoms with van der Waals surface area (Å²) < 4.78 is 85.4. The highest BCUT2D eigenvalue weighted by atomic mass is 19.4. The first-order valence-electron chi connectivity index (χ1n) is 11.4. The van der Waals surface area contributed by atoms with Gasteiger partial charge in [-0.3, -0.25) is 4.68 Å². The number of likely N-dealkylation sites (tertiary alicyclic amines) is 1. The Morgan fingerprint density at radius 2 is 1.60 bits per heavy atom. The quantitative estimate of drug-likeness (QED) is 0.535. The Morgan fingerprint density at radius 1 is 0.971 bits per heavy atom. The van der Waals surface area contributed by atoms with E-state index < -0.39 is 36.2 Å². The van der Waals surface area contributed by atoms with E-state index in [4.69, 9.17) is 9.84 Å². The number of aryl methyl sites for hydroxylation is 1. The number of carbonyl (C=O) groups excluding carboxylic acids is 1. The number of ether oxygens (including phenoxy) is 1. The molecule has 0 aliphatic carbocycles. The molecule has 6 nitrogen and oxygen atoms in total. The number of benzene rings is 1. The van der Waals surface area contributed by atoms with Gasteiger partial charge in [-0.25, -0.2) is 4.79 Å². The Labute approximate surface area is 198 Å². The van der Waals surface area contributed by atoms with Gasteiger partial charge in [0.15, 0.2) is 0 Å². The smallest absolute Gasteiger partial charge is 0.416 e. The van der Waals surface area contributed by atoms with E-state index in [1.807, 2.05) is 10.7 Å². The van der Waals surface area contributed by atoms with Crippen molar-refractivity contribution in [2.24, 2.45) is 0 Å². The third-order valence-corrected chi connectivity index (χ3v) is 6.44. The number of alkyl halides is 6. The van der Waals surface area contributed by atoms with Crippen LogP contribution in [0.15, 0.2) is 24.3 Å². The Balaban J connectivity index is 1.44. The highest BCUT2D eigenvalue weighted by Crippen LogP contribution is 2.36. The van der Waals surface area contributed by atoms with Crippen LogP contribution in [0.1, 0.15) is 53.3 Å². The van der Waals surface area contributed by atoms with Gasteiger partial charge in [-0.15, -0.1) is 0 Å². The van der Waals surface area contributed by atoms with E-state index >= 15 is 0 Å². The number of amides is 1. The summed E-state index contributed by atoms with van der Waals surface area (Å²) in [6.45, 7) is 2.40. The molecule has 0 saturated carbocycles. The predicted octanol–water partition coefficient (Wildman–Crippen LogP) is 5.27. The molecule has 1 aromatic heterocycles. The minimum atomic E-state index is -4.96. The molecule has 1 aromatic carbocycles. The molecule has 0 radical (unpaired) electrons. The molecule has 2 aliphatic rings. The van der Waals surface area contributed by atoms with Gasteiger partial charge < -0.3 is 14.5 Å². The monoisotopic (exact) mass is 504 g/mol. The second kappa shape index (κ2) is 9.71. The molecular weight excluding hydrogens is 478 g/mol. The van der Waals surface area contributed by atoms with Crippen molar-refractivity contribution in [1.29, 1.82) is 0 Å². The fourth-order valence-electron chi connectivity index (χ4n) is 4.48. The summed E-state index contributed by atoms with van der Waals surface area (Å²) in [6.07, 6.45) is -8.14. The zero-order valence-corrected chi connectivity index (χ0v) is 19.1. The lowest BCUT2D eigenvalue weighted by atomic mass is 9.94. The summed E-state index contributed by atoms with van der Waals surface area (Å²) in [5, 5.41) is 4.72. The van der Waals surface area contributed by atoms with Crippen LogP contribution in [0.2, 0.25) is 0 Å². The number of hydrogen-bond acceptors (Lipinski definition) is 4.